The average molecular weight is 444 g/mol. The number of nitrogens with one attached hydrogen (secondary N) is 1. The van der Waals surface area contributed by atoms with Crippen molar-refractivity contribution in [3.63, 3.8) is 0 Å². The zero-order chi connectivity index (χ0) is 22.5. The van der Waals surface area contributed by atoms with Gasteiger partial charge in [-0.05, 0) is 55.7 Å². The number of carbonyl (C=O) groups excluding carboxylic acids is 1. The molecule has 0 fully saturated rings. The number of nitrogens with zero attached hydrogens (tertiary/aromatic N) is 4. The van der Waals surface area contributed by atoms with E-state index in [1.165, 1.54) is 11.8 Å². The molecule has 32 heavy (non-hydrogen) atoms. The van der Waals surface area contributed by atoms with E-state index in [4.69, 9.17) is 0 Å². The number of hydrogen-bond acceptors (Lipinski definition) is 5. The summed E-state index contributed by atoms with van der Waals surface area (Å²) >= 11 is 1.41. The minimum absolute atomic E-state index is 0.0917. The second-order valence-corrected chi connectivity index (χ2v) is 8.57. The van der Waals surface area contributed by atoms with Crippen molar-refractivity contribution < 1.29 is 4.79 Å². The Morgan fingerprint density at radius 1 is 1.03 bits per heavy atom. The maximum Gasteiger partial charge on any atom is 0.242 e. The van der Waals surface area contributed by atoms with Crippen LogP contribution in [-0.2, 0) is 11.3 Å². The van der Waals surface area contributed by atoms with Gasteiger partial charge in [-0.3, -0.25) is 9.78 Å². The molecule has 0 saturated heterocycles. The first-order chi connectivity index (χ1) is 15.6. The van der Waals surface area contributed by atoms with E-state index in [1.54, 1.807) is 12.4 Å². The molecule has 1 atom stereocenters. The van der Waals surface area contributed by atoms with E-state index in [9.17, 15) is 4.79 Å². The largest absolute Gasteiger partial charge is 0.325 e. The summed E-state index contributed by atoms with van der Waals surface area (Å²) in [5.74, 6) is 0.671. The second kappa shape index (κ2) is 9.78. The molecule has 4 aromatic rings. The minimum atomic E-state index is -0.476. The predicted molar refractivity (Wildman–Crippen MR) is 129 cm³/mol. The fourth-order valence-electron chi connectivity index (χ4n) is 3.45. The lowest BCUT2D eigenvalue weighted by molar-refractivity contribution is -0.115. The van der Waals surface area contributed by atoms with Gasteiger partial charge >= 0.3 is 0 Å². The Kier molecular flexibility index (Phi) is 6.66. The summed E-state index contributed by atoms with van der Waals surface area (Å²) in [6.07, 6.45) is 3.47. The fourth-order valence-corrected chi connectivity index (χ4v) is 4.55. The van der Waals surface area contributed by atoms with Crippen LogP contribution in [0.2, 0.25) is 0 Å². The van der Waals surface area contributed by atoms with E-state index < -0.39 is 5.25 Å². The van der Waals surface area contributed by atoms with Gasteiger partial charge < -0.3 is 9.88 Å². The molecular weight excluding hydrogens is 418 g/mol. The summed E-state index contributed by atoms with van der Waals surface area (Å²) in [5, 5.41) is 12.2. The summed E-state index contributed by atoms with van der Waals surface area (Å²) in [5.41, 5.74) is 4.81. The van der Waals surface area contributed by atoms with Crippen molar-refractivity contribution in [3.8, 4) is 11.4 Å². The Morgan fingerprint density at radius 2 is 1.78 bits per heavy atom. The summed E-state index contributed by atoms with van der Waals surface area (Å²) < 4.78 is 2.03. The molecule has 1 N–H and O–H groups in total. The maximum absolute atomic E-state index is 13.5. The molecule has 0 radical (unpaired) electrons. The van der Waals surface area contributed by atoms with Crippen molar-refractivity contribution in [3.05, 3.63) is 89.7 Å². The highest BCUT2D eigenvalue weighted by Gasteiger charge is 2.26. The smallest absolute Gasteiger partial charge is 0.242 e. The van der Waals surface area contributed by atoms with Crippen molar-refractivity contribution in [2.75, 3.05) is 5.32 Å². The maximum atomic E-state index is 13.5. The van der Waals surface area contributed by atoms with E-state index in [0.29, 0.717) is 11.7 Å². The van der Waals surface area contributed by atoms with Gasteiger partial charge in [-0.2, -0.15) is 0 Å². The quantitative estimate of drug-likeness (QED) is 0.385. The van der Waals surface area contributed by atoms with Gasteiger partial charge in [0, 0.05) is 30.2 Å². The van der Waals surface area contributed by atoms with Crippen LogP contribution in [0.1, 0.15) is 28.9 Å². The first-order valence-corrected chi connectivity index (χ1v) is 11.4. The fraction of sp³-hybridized carbons (Fsp3) is 0.200. The molecule has 0 spiro atoms. The zero-order valence-corrected chi connectivity index (χ0v) is 19.1. The molecule has 7 heteroatoms. The average Bonchev–Trinajstić information content (AvgIpc) is 3.23. The van der Waals surface area contributed by atoms with Crippen LogP contribution >= 0.6 is 11.8 Å². The number of thioether (sulfide) groups is 1. The Hall–Kier alpha value is -3.45. The van der Waals surface area contributed by atoms with Crippen molar-refractivity contribution >= 4 is 23.4 Å². The van der Waals surface area contributed by atoms with Gasteiger partial charge in [0.2, 0.25) is 5.91 Å². The number of amides is 1. The lowest BCUT2D eigenvalue weighted by Gasteiger charge is -2.18. The highest BCUT2D eigenvalue weighted by Crippen LogP contribution is 2.37. The van der Waals surface area contributed by atoms with Gasteiger partial charge in [0.05, 0.1) is 0 Å². The highest BCUT2D eigenvalue weighted by atomic mass is 32.2. The van der Waals surface area contributed by atoms with Crippen molar-refractivity contribution in [1.82, 2.24) is 19.7 Å². The lowest BCUT2D eigenvalue weighted by atomic mass is 10.1. The highest BCUT2D eigenvalue weighted by molar-refractivity contribution is 8.00. The number of aryl methyl sites for hydroxylation is 2. The Labute approximate surface area is 192 Å². The van der Waals surface area contributed by atoms with Crippen LogP contribution in [0, 0.1) is 13.8 Å². The van der Waals surface area contributed by atoms with Crippen molar-refractivity contribution in [2.45, 2.75) is 37.7 Å². The summed E-state index contributed by atoms with van der Waals surface area (Å²) in [4.78, 5) is 17.5. The van der Waals surface area contributed by atoms with E-state index in [-0.39, 0.29) is 5.91 Å². The number of aromatic nitrogens is 4. The van der Waals surface area contributed by atoms with Crippen molar-refractivity contribution in [2.24, 2.45) is 0 Å². The first-order valence-electron chi connectivity index (χ1n) is 10.5. The first kappa shape index (κ1) is 21.8. The van der Waals surface area contributed by atoms with Crippen LogP contribution in [-0.4, -0.2) is 25.7 Å². The standard InChI is InChI=1S/C25H25N5OS/c1-4-30-23(20-12-14-26-15-13-20)28-29-25(30)32-22(19-8-6-5-7-9-19)24(31)27-21-16-17(2)10-11-18(21)3/h5-16,22H,4H2,1-3H3,(H,27,31). The number of benzene rings is 2. The van der Waals surface area contributed by atoms with Crippen LogP contribution in [0.4, 0.5) is 5.69 Å². The van der Waals surface area contributed by atoms with Crippen LogP contribution in [0.15, 0.2) is 78.2 Å². The van der Waals surface area contributed by atoms with Crippen LogP contribution in [0.25, 0.3) is 11.4 Å². The van der Waals surface area contributed by atoms with E-state index in [0.717, 1.165) is 33.8 Å². The third kappa shape index (κ3) is 4.73. The molecule has 0 saturated carbocycles. The topological polar surface area (TPSA) is 72.7 Å². The van der Waals surface area contributed by atoms with E-state index in [1.807, 2.05) is 86.0 Å². The number of carbonyl (C=O) groups is 1. The number of rotatable bonds is 7. The third-order valence-corrected chi connectivity index (χ3v) is 6.42. The molecule has 6 nitrogen and oxygen atoms in total. The molecule has 2 heterocycles. The minimum Gasteiger partial charge on any atom is -0.325 e. The van der Waals surface area contributed by atoms with E-state index >= 15 is 0 Å². The monoisotopic (exact) mass is 443 g/mol. The molecule has 1 unspecified atom stereocenters. The Morgan fingerprint density at radius 3 is 2.50 bits per heavy atom. The molecule has 4 rings (SSSR count). The lowest BCUT2D eigenvalue weighted by Crippen LogP contribution is -2.20. The number of pyridine rings is 1. The van der Waals surface area contributed by atoms with Gasteiger partial charge in [0.1, 0.15) is 5.25 Å². The Bertz CT molecular complexity index is 1210. The molecule has 1 amide bonds. The van der Waals surface area contributed by atoms with Gasteiger partial charge in [0.15, 0.2) is 11.0 Å². The summed E-state index contributed by atoms with van der Waals surface area (Å²) in [6.45, 7) is 6.75. The molecule has 0 aliphatic rings. The van der Waals surface area contributed by atoms with Gasteiger partial charge in [-0.25, -0.2) is 0 Å². The zero-order valence-electron chi connectivity index (χ0n) is 18.3. The van der Waals surface area contributed by atoms with Gasteiger partial charge in [0.25, 0.3) is 0 Å². The molecule has 2 aromatic carbocycles. The molecule has 2 aromatic heterocycles. The molecule has 0 aliphatic heterocycles. The van der Waals surface area contributed by atoms with E-state index in [2.05, 4.69) is 20.5 Å². The van der Waals surface area contributed by atoms with Crippen LogP contribution in [0.3, 0.4) is 0 Å². The van der Waals surface area contributed by atoms with Crippen LogP contribution < -0.4 is 5.32 Å². The molecular formula is C25H25N5OS. The van der Waals surface area contributed by atoms with Gasteiger partial charge in [-0.1, -0.05) is 54.2 Å². The molecule has 162 valence electrons. The number of anilines is 1. The molecule has 0 bridgehead atoms. The normalized spacial score (nSPS) is 11.8. The molecule has 0 aliphatic carbocycles. The second-order valence-electron chi connectivity index (χ2n) is 7.50. The van der Waals surface area contributed by atoms with Crippen LogP contribution in [0.5, 0.6) is 0 Å². The number of hydrogen-bond donors (Lipinski definition) is 1. The summed E-state index contributed by atoms with van der Waals surface area (Å²) in [7, 11) is 0. The summed E-state index contributed by atoms with van der Waals surface area (Å²) in [6, 6.07) is 19.7. The van der Waals surface area contributed by atoms with Gasteiger partial charge in [-0.15, -0.1) is 10.2 Å². The predicted octanol–water partition coefficient (Wildman–Crippen LogP) is 5.45. The SMILES string of the molecule is CCn1c(SC(C(=O)Nc2cc(C)ccc2C)c2ccccc2)nnc1-c1ccncc1. The van der Waals surface area contributed by atoms with Crippen molar-refractivity contribution in [1.29, 1.82) is 0 Å². The Balaban J connectivity index is 1.67. The third-order valence-electron chi connectivity index (χ3n) is 5.19.